The molecule has 0 aliphatic carbocycles. The Morgan fingerprint density at radius 1 is 1.05 bits per heavy atom. The maximum atomic E-state index is 4.58. The van der Waals surface area contributed by atoms with Gasteiger partial charge in [-0.05, 0) is 37.5 Å². The summed E-state index contributed by atoms with van der Waals surface area (Å²) in [5.41, 5.74) is 3.53. The molecule has 21 heavy (non-hydrogen) atoms. The number of hydrogen-bond donors (Lipinski definition) is 2. The molecule has 3 aromatic rings. The third-order valence-electron chi connectivity index (χ3n) is 3.77. The van der Waals surface area contributed by atoms with Crippen molar-refractivity contribution < 1.29 is 0 Å². The van der Waals surface area contributed by atoms with Gasteiger partial charge in [-0.15, -0.1) is 0 Å². The first-order chi connectivity index (χ1) is 10.3. The summed E-state index contributed by atoms with van der Waals surface area (Å²) in [6.45, 7) is 3.01. The van der Waals surface area contributed by atoms with Gasteiger partial charge in [0.2, 0.25) is 0 Å². The number of aryl methyl sites for hydroxylation is 1. The van der Waals surface area contributed by atoms with E-state index < -0.39 is 0 Å². The van der Waals surface area contributed by atoms with E-state index in [1.165, 1.54) is 5.56 Å². The topological polar surface area (TPSA) is 40.7 Å². The maximum Gasteiger partial charge on any atom is 0.121 e. The van der Waals surface area contributed by atoms with Crippen molar-refractivity contribution in [3.05, 3.63) is 66.0 Å². The molecule has 2 N–H and O–H groups in total. The second kappa shape index (κ2) is 6.55. The molecule has 0 aliphatic rings. The number of aromatic amines is 1. The number of nitrogens with one attached hydrogen (secondary N) is 2. The Morgan fingerprint density at radius 3 is 2.62 bits per heavy atom. The van der Waals surface area contributed by atoms with Crippen LogP contribution in [0.1, 0.15) is 24.7 Å². The van der Waals surface area contributed by atoms with E-state index >= 15 is 0 Å². The van der Waals surface area contributed by atoms with Crippen molar-refractivity contribution in [1.82, 2.24) is 15.3 Å². The smallest absolute Gasteiger partial charge is 0.121 e. The standard InChI is InChI=1S/C18H21N3/c1-14(11-12-15-7-3-2-4-8-15)19-13-18-20-16-9-5-6-10-17(16)21-18/h2-10,14,19H,11-13H2,1H3,(H,20,21). The van der Waals surface area contributed by atoms with Crippen molar-refractivity contribution >= 4 is 11.0 Å². The summed E-state index contributed by atoms with van der Waals surface area (Å²) >= 11 is 0. The second-order valence-electron chi connectivity index (χ2n) is 5.51. The minimum Gasteiger partial charge on any atom is -0.341 e. The monoisotopic (exact) mass is 279 g/mol. The Bertz CT molecular complexity index is 655. The summed E-state index contributed by atoms with van der Waals surface area (Å²) < 4.78 is 0. The first-order valence-electron chi connectivity index (χ1n) is 7.52. The second-order valence-corrected chi connectivity index (χ2v) is 5.51. The van der Waals surface area contributed by atoms with Crippen molar-refractivity contribution in [3.63, 3.8) is 0 Å². The van der Waals surface area contributed by atoms with E-state index in [0.717, 1.165) is 36.2 Å². The molecule has 1 unspecified atom stereocenters. The third kappa shape index (κ3) is 3.70. The van der Waals surface area contributed by atoms with E-state index in [-0.39, 0.29) is 0 Å². The van der Waals surface area contributed by atoms with Gasteiger partial charge >= 0.3 is 0 Å². The van der Waals surface area contributed by atoms with Gasteiger partial charge < -0.3 is 10.3 Å². The van der Waals surface area contributed by atoms with Crippen LogP contribution in [0, 0.1) is 0 Å². The molecule has 1 atom stereocenters. The van der Waals surface area contributed by atoms with Crippen LogP contribution in [0.4, 0.5) is 0 Å². The molecule has 3 rings (SSSR count). The number of H-pyrrole nitrogens is 1. The van der Waals surface area contributed by atoms with Crippen LogP contribution in [0.5, 0.6) is 0 Å². The van der Waals surface area contributed by atoms with Gasteiger partial charge in [-0.2, -0.15) is 0 Å². The molecule has 0 amide bonds. The predicted octanol–water partition coefficient (Wildman–Crippen LogP) is 3.67. The van der Waals surface area contributed by atoms with Gasteiger partial charge in [0.15, 0.2) is 0 Å². The molecule has 2 aromatic carbocycles. The van der Waals surface area contributed by atoms with Gasteiger partial charge in [0.1, 0.15) is 5.82 Å². The van der Waals surface area contributed by atoms with Gasteiger partial charge in [-0.1, -0.05) is 42.5 Å². The summed E-state index contributed by atoms with van der Waals surface area (Å²) in [4.78, 5) is 7.94. The highest BCUT2D eigenvalue weighted by Crippen LogP contribution is 2.10. The molecule has 0 saturated carbocycles. The summed E-state index contributed by atoms with van der Waals surface area (Å²) in [7, 11) is 0. The summed E-state index contributed by atoms with van der Waals surface area (Å²) in [5.74, 6) is 1.00. The fraction of sp³-hybridized carbons (Fsp3) is 0.278. The number of fused-ring (bicyclic) bond motifs is 1. The van der Waals surface area contributed by atoms with E-state index in [9.17, 15) is 0 Å². The highest BCUT2D eigenvalue weighted by molar-refractivity contribution is 5.74. The van der Waals surface area contributed by atoms with E-state index in [1.54, 1.807) is 0 Å². The molecule has 0 aliphatic heterocycles. The third-order valence-corrected chi connectivity index (χ3v) is 3.77. The lowest BCUT2D eigenvalue weighted by atomic mass is 10.1. The fourth-order valence-corrected chi connectivity index (χ4v) is 2.49. The van der Waals surface area contributed by atoms with Gasteiger partial charge in [0.25, 0.3) is 0 Å². The van der Waals surface area contributed by atoms with Gasteiger partial charge in [-0.3, -0.25) is 0 Å². The molecule has 108 valence electrons. The van der Waals surface area contributed by atoms with Gasteiger partial charge in [0, 0.05) is 6.04 Å². The molecule has 1 heterocycles. The SMILES string of the molecule is CC(CCc1ccccc1)NCc1nc2ccccc2[nH]1. The van der Waals surface area contributed by atoms with Crippen LogP contribution in [-0.2, 0) is 13.0 Å². The maximum absolute atomic E-state index is 4.58. The Labute approximate surface area is 125 Å². The molecular formula is C18H21N3. The number of aromatic nitrogens is 2. The Kier molecular flexibility index (Phi) is 4.31. The van der Waals surface area contributed by atoms with E-state index in [1.807, 2.05) is 18.2 Å². The number of rotatable bonds is 6. The first-order valence-corrected chi connectivity index (χ1v) is 7.52. The first kappa shape index (κ1) is 13.8. The molecule has 0 bridgehead atoms. The van der Waals surface area contributed by atoms with E-state index in [4.69, 9.17) is 0 Å². The molecule has 1 aromatic heterocycles. The highest BCUT2D eigenvalue weighted by Gasteiger charge is 2.05. The van der Waals surface area contributed by atoms with Crippen LogP contribution in [0.2, 0.25) is 0 Å². The zero-order valence-electron chi connectivity index (χ0n) is 12.3. The average Bonchev–Trinajstić information content (AvgIpc) is 2.95. The quantitative estimate of drug-likeness (QED) is 0.722. The summed E-state index contributed by atoms with van der Waals surface area (Å²) in [6, 6.07) is 19.2. The molecule has 0 radical (unpaired) electrons. The predicted molar refractivity (Wildman–Crippen MR) is 87.2 cm³/mol. The Morgan fingerprint density at radius 2 is 1.81 bits per heavy atom. The van der Waals surface area contributed by atoms with E-state index in [2.05, 4.69) is 58.6 Å². The van der Waals surface area contributed by atoms with Crippen LogP contribution in [0.15, 0.2) is 54.6 Å². The molecule has 0 spiro atoms. The molecule has 0 fully saturated rings. The largest absolute Gasteiger partial charge is 0.341 e. The van der Waals surface area contributed by atoms with Crippen LogP contribution in [-0.4, -0.2) is 16.0 Å². The van der Waals surface area contributed by atoms with Crippen LogP contribution in [0.3, 0.4) is 0 Å². The zero-order chi connectivity index (χ0) is 14.5. The van der Waals surface area contributed by atoms with Crippen LogP contribution >= 0.6 is 0 Å². The molecular weight excluding hydrogens is 258 g/mol. The fourth-order valence-electron chi connectivity index (χ4n) is 2.49. The average molecular weight is 279 g/mol. The number of imidazole rings is 1. The van der Waals surface area contributed by atoms with Crippen LogP contribution < -0.4 is 5.32 Å². The number of para-hydroxylation sites is 2. The minimum atomic E-state index is 0.471. The number of benzene rings is 2. The highest BCUT2D eigenvalue weighted by atomic mass is 15.0. The van der Waals surface area contributed by atoms with Gasteiger partial charge in [-0.25, -0.2) is 4.98 Å². The van der Waals surface area contributed by atoms with Crippen molar-refractivity contribution in [2.45, 2.75) is 32.4 Å². The summed E-state index contributed by atoms with van der Waals surface area (Å²) in [5, 5.41) is 3.54. The number of hydrogen-bond acceptors (Lipinski definition) is 2. The Hall–Kier alpha value is -2.13. The van der Waals surface area contributed by atoms with E-state index in [0.29, 0.717) is 6.04 Å². The van der Waals surface area contributed by atoms with Crippen molar-refractivity contribution in [1.29, 1.82) is 0 Å². The lowest BCUT2D eigenvalue weighted by Gasteiger charge is -2.12. The lowest BCUT2D eigenvalue weighted by Crippen LogP contribution is -2.26. The molecule has 0 saturated heterocycles. The minimum absolute atomic E-state index is 0.471. The lowest BCUT2D eigenvalue weighted by molar-refractivity contribution is 0.506. The normalized spacial score (nSPS) is 12.6. The molecule has 3 nitrogen and oxygen atoms in total. The number of nitrogens with zero attached hydrogens (tertiary/aromatic N) is 1. The zero-order valence-corrected chi connectivity index (χ0v) is 12.3. The van der Waals surface area contributed by atoms with Gasteiger partial charge in [0.05, 0.1) is 17.6 Å². The van der Waals surface area contributed by atoms with Crippen molar-refractivity contribution in [3.8, 4) is 0 Å². The van der Waals surface area contributed by atoms with Crippen molar-refractivity contribution in [2.24, 2.45) is 0 Å². The summed E-state index contributed by atoms with van der Waals surface area (Å²) in [6.07, 6.45) is 2.24. The van der Waals surface area contributed by atoms with Crippen LogP contribution in [0.25, 0.3) is 11.0 Å². The Balaban J connectivity index is 1.50. The van der Waals surface area contributed by atoms with Crippen molar-refractivity contribution in [2.75, 3.05) is 0 Å². The molecule has 3 heteroatoms.